The third kappa shape index (κ3) is 7.06. The molecule has 0 bridgehead atoms. The second-order valence-electron chi connectivity index (χ2n) is 15.4. The maximum absolute atomic E-state index is 15.3. The van der Waals surface area contributed by atoms with Gasteiger partial charge in [0.05, 0.1) is 12.2 Å². The van der Waals surface area contributed by atoms with E-state index in [1.54, 1.807) is 11.1 Å². The van der Waals surface area contributed by atoms with Gasteiger partial charge in [-0.15, -0.1) is 0 Å². The van der Waals surface area contributed by atoms with Crippen LogP contribution in [-0.2, 0) is 30.8 Å². The van der Waals surface area contributed by atoms with E-state index in [2.05, 4.69) is 26.6 Å². The zero-order chi connectivity index (χ0) is 37.6. The summed E-state index contributed by atoms with van der Waals surface area (Å²) >= 11 is 12.8. The molecule has 0 aliphatic carbocycles. The van der Waals surface area contributed by atoms with Gasteiger partial charge in [0.25, 0.3) is 0 Å². The van der Waals surface area contributed by atoms with E-state index < -0.39 is 20.6 Å². The minimum atomic E-state index is -2.11. The van der Waals surface area contributed by atoms with E-state index in [0.717, 1.165) is 16.8 Å². The normalized spacial score (nSPS) is 23.8. The molecular weight excluding hydrogens is 717 g/mol. The Balaban J connectivity index is 1.44. The summed E-state index contributed by atoms with van der Waals surface area (Å²) in [6.45, 7) is 14.4. The highest BCUT2D eigenvalue weighted by Crippen LogP contribution is 2.54. The molecule has 0 saturated carbocycles. The summed E-state index contributed by atoms with van der Waals surface area (Å²) in [6, 6.07) is 16.9. The van der Waals surface area contributed by atoms with Crippen LogP contribution in [0.3, 0.4) is 0 Å². The van der Waals surface area contributed by atoms with Gasteiger partial charge in [-0.3, -0.25) is 23.9 Å². The lowest BCUT2D eigenvalue weighted by molar-refractivity contribution is -0.136. The van der Waals surface area contributed by atoms with Crippen LogP contribution in [0, 0.1) is 5.92 Å². The molecule has 2 atom stereocenters. The van der Waals surface area contributed by atoms with Crippen molar-refractivity contribution < 1.29 is 18.5 Å². The smallest absolute Gasteiger partial charge is 0.326 e. The highest BCUT2D eigenvalue weighted by atomic mass is 35.5. The number of amidine groups is 1. The number of amides is 3. The number of carbonyl (C=O) groups excluding carboxylic acids is 2. The monoisotopic (exact) mass is 765 g/mol. The Hall–Kier alpha value is -3.60. The van der Waals surface area contributed by atoms with E-state index in [-0.39, 0.29) is 23.3 Å². The SMILES string of the molecule is C=S1(=O)CCN(C(=O)C2CCN(C(=O)N3C(c4cnc(C(C)(C)C)cc4OCC)=N[C@@](C)(c4ccc(Cl)cc4)[C@@]3(C)c3ccc(Cl)cc3)CC2)CC1. The minimum Gasteiger partial charge on any atom is -0.493 e. The summed E-state index contributed by atoms with van der Waals surface area (Å²) in [5, 5.41) is 1.18. The van der Waals surface area contributed by atoms with E-state index in [1.165, 1.54) is 0 Å². The average molecular weight is 767 g/mol. The number of benzene rings is 2. The number of likely N-dealkylation sites (tertiary alicyclic amines) is 1. The highest BCUT2D eigenvalue weighted by Gasteiger charge is 2.60. The first-order chi connectivity index (χ1) is 24.5. The second-order valence-corrected chi connectivity index (χ2v) is 19.0. The molecule has 0 radical (unpaired) electrons. The molecule has 278 valence electrons. The number of urea groups is 1. The van der Waals surface area contributed by atoms with E-state index in [9.17, 15) is 9.00 Å². The van der Waals surface area contributed by atoms with Crippen LogP contribution in [0.25, 0.3) is 0 Å². The predicted octanol–water partition coefficient (Wildman–Crippen LogP) is 7.37. The van der Waals surface area contributed by atoms with Crippen molar-refractivity contribution in [3.05, 3.63) is 93.2 Å². The molecular formula is C40H49Cl2N5O4S. The number of rotatable bonds is 6. The van der Waals surface area contributed by atoms with Crippen molar-refractivity contribution in [1.29, 1.82) is 0 Å². The molecule has 1 aromatic heterocycles. The van der Waals surface area contributed by atoms with Crippen molar-refractivity contribution in [2.24, 2.45) is 10.9 Å². The van der Waals surface area contributed by atoms with Crippen LogP contribution in [0.15, 0.2) is 65.8 Å². The number of pyridine rings is 1. The molecule has 3 aromatic rings. The Morgan fingerprint density at radius 3 is 2.02 bits per heavy atom. The van der Waals surface area contributed by atoms with Crippen LogP contribution in [0.2, 0.25) is 10.0 Å². The van der Waals surface area contributed by atoms with Crippen molar-refractivity contribution in [3.8, 4) is 5.75 Å². The molecule has 12 heteroatoms. The first-order valence-corrected chi connectivity index (χ1v) is 20.8. The molecule has 4 heterocycles. The molecule has 2 aromatic carbocycles. The van der Waals surface area contributed by atoms with E-state index in [0.29, 0.717) is 84.3 Å². The molecule has 52 heavy (non-hydrogen) atoms. The van der Waals surface area contributed by atoms with Gasteiger partial charge in [0.15, 0.2) is 0 Å². The highest BCUT2D eigenvalue weighted by molar-refractivity contribution is 8.00. The predicted molar refractivity (Wildman–Crippen MR) is 211 cm³/mol. The summed E-state index contributed by atoms with van der Waals surface area (Å²) in [5.74, 6) is 5.59. The Morgan fingerprint density at radius 2 is 1.48 bits per heavy atom. The van der Waals surface area contributed by atoms with Gasteiger partial charge in [-0.05, 0) is 84.4 Å². The molecule has 9 nitrogen and oxygen atoms in total. The number of hydrogen-bond donors (Lipinski definition) is 0. The Morgan fingerprint density at radius 1 is 0.923 bits per heavy atom. The summed E-state index contributed by atoms with van der Waals surface area (Å²) in [4.78, 5) is 44.7. The van der Waals surface area contributed by atoms with Gasteiger partial charge in [-0.2, -0.15) is 0 Å². The lowest BCUT2D eigenvalue weighted by atomic mass is 9.71. The van der Waals surface area contributed by atoms with Crippen LogP contribution in [-0.4, -0.2) is 91.8 Å². The third-order valence-corrected chi connectivity index (χ3v) is 13.4. The van der Waals surface area contributed by atoms with Crippen LogP contribution in [0.1, 0.15) is 76.8 Å². The van der Waals surface area contributed by atoms with Crippen molar-refractivity contribution >= 4 is 56.4 Å². The molecule has 3 amide bonds. The number of carbonyl (C=O) groups is 2. The molecule has 2 fully saturated rings. The zero-order valence-electron chi connectivity index (χ0n) is 31.0. The Kier molecular flexibility index (Phi) is 10.5. The summed E-state index contributed by atoms with van der Waals surface area (Å²) in [6.07, 6.45) is 2.83. The van der Waals surface area contributed by atoms with Gasteiger partial charge < -0.3 is 14.5 Å². The van der Waals surface area contributed by atoms with Gasteiger partial charge in [-0.1, -0.05) is 68.2 Å². The van der Waals surface area contributed by atoms with Crippen molar-refractivity contribution in [3.63, 3.8) is 0 Å². The molecule has 2 saturated heterocycles. The van der Waals surface area contributed by atoms with Gasteiger partial charge in [0, 0.05) is 77.0 Å². The summed E-state index contributed by atoms with van der Waals surface area (Å²) < 4.78 is 18.7. The topological polar surface area (TPSA) is 95.4 Å². The zero-order valence-corrected chi connectivity index (χ0v) is 33.3. The van der Waals surface area contributed by atoms with Gasteiger partial charge >= 0.3 is 6.03 Å². The van der Waals surface area contributed by atoms with E-state index >= 15 is 4.79 Å². The fourth-order valence-electron chi connectivity index (χ4n) is 7.56. The van der Waals surface area contributed by atoms with Gasteiger partial charge in [0.2, 0.25) is 5.91 Å². The van der Waals surface area contributed by atoms with Gasteiger partial charge in [0.1, 0.15) is 22.7 Å². The summed E-state index contributed by atoms with van der Waals surface area (Å²) in [5.41, 5.74) is 0.875. The maximum atomic E-state index is 15.3. The van der Waals surface area contributed by atoms with Gasteiger partial charge in [-0.25, -0.2) is 4.79 Å². The maximum Gasteiger partial charge on any atom is 0.326 e. The number of halogens is 2. The lowest BCUT2D eigenvalue weighted by Gasteiger charge is -2.47. The van der Waals surface area contributed by atoms with Crippen LogP contribution in [0.5, 0.6) is 5.75 Å². The number of ether oxygens (including phenoxy) is 1. The molecule has 6 rings (SSSR count). The molecule has 3 aliphatic rings. The van der Waals surface area contributed by atoms with Crippen LogP contribution < -0.4 is 4.74 Å². The van der Waals surface area contributed by atoms with E-state index in [1.807, 2.05) is 85.2 Å². The lowest BCUT2D eigenvalue weighted by Crippen LogP contribution is -2.59. The molecule has 0 unspecified atom stereocenters. The van der Waals surface area contributed by atoms with Crippen molar-refractivity contribution in [2.75, 3.05) is 44.3 Å². The average Bonchev–Trinajstić information content (AvgIpc) is 3.35. The fourth-order valence-corrected chi connectivity index (χ4v) is 9.12. The second kappa shape index (κ2) is 14.3. The number of aliphatic imine (C=N–C) groups is 1. The number of aromatic nitrogens is 1. The number of hydrogen-bond acceptors (Lipinski definition) is 6. The largest absolute Gasteiger partial charge is 0.493 e. The first-order valence-electron chi connectivity index (χ1n) is 17.9. The fraction of sp³-hybridized carbons (Fsp3) is 0.475. The molecule has 0 N–H and O–H groups in total. The van der Waals surface area contributed by atoms with Crippen molar-refractivity contribution in [2.45, 2.75) is 70.9 Å². The van der Waals surface area contributed by atoms with Crippen LogP contribution >= 0.6 is 23.2 Å². The Bertz CT molecular complexity index is 1960. The first kappa shape index (κ1) is 38.1. The third-order valence-electron chi connectivity index (χ3n) is 11.0. The standard InChI is InChI=1S/C40H49Cl2N5O4S/c1-8-51-33-25-34(38(2,3)4)43-26-32(33)35-44-39(5,28-9-13-30(41)14-10-28)40(6,29-11-15-31(42)16-12-29)47(35)37(49)46-19-17-27(18-20-46)36(48)45-21-23-52(7,50)24-22-45/h9-16,25-27H,7-8,17-24H2,1-6H3/t39-,40+/m0/s1. The molecule has 3 aliphatic heterocycles. The summed E-state index contributed by atoms with van der Waals surface area (Å²) in [7, 11) is -2.11. The quantitative estimate of drug-likeness (QED) is 0.245. The van der Waals surface area contributed by atoms with Crippen molar-refractivity contribution in [1.82, 2.24) is 19.7 Å². The number of nitrogens with zero attached hydrogens (tertiary/aromatic N) is 5. The molecule has 0 spiro atoms. The minimum absolute atomic E-state index is 0.0677. The van der Waals surface area contributed by atoms with Crippen LogP contribution in [0.4, 0.5) is 4.79 Å². The number of piperidine rings is 1. The Labute approximate surface area is 318 Å². The van der Waals surface area contributed by atoms with E-state index in [4.69, 9.17) is 37.9 Å².